The van der Waals surface area contributed by atoms with Crippen molar-refractivity contribution in [3.63, 3.8) is 0 Å². The number of nitriles is 3. The predicted octanol–water partition coefficient (Wildman–Crippen LogP) is -1.53. The molecule has 3 N–H and O–H groups in total. The van der Waals surface area contributed by atoms with Gasteiger partial charge < -0.3 is 7.58 Å². The molecule has 4 nitrogen and oxygen atoms in total. The summed E-state index contributed by atoms with van der Waals surface area (Å²) in [5, 5.41) is 25.9. The molecule has 0 aromatic carbocycles. The second-order valence-electron chi connectivity index (χ2n) is 0.300. The van der Waals surface area contributed by atoms with Crippen LogP contribution in [0.4, 0.5) is 0 Å². The Morgan fingerprint density at radius 2 is 0.818 bits per heavy atom. The van der Waals surface area contributed by atoms with E-state index in [1.165, 1.54) is 16.2 Å². The molecular weight excluding hydrogens is 211 g/mol. The second-order valence-corrected chi connectivity index (χ2v) is 0.900. The first-order chi connectivity index (χ1) is 4.24. The summed E-state index contributed by atoms with van der Waals surface area (Å²) in [6.45, 7) is 0. The maximum Gasteiger partial charge on any atom is 1.00 e. The number of thiol groups is 3. The van der Waals surface area contributed by atoms with Crippen LogP contribution in [-0.4, -0.2) is 0 Å². The monoisotopic (exact) mass is 218 g/mol. The molecule has 0 aromatic rings. The Labute approximate surface area is 106 Å². The molecule has 0 heterocycles. The summed E-state index contributed by atoms with van der Waals surface area (Å²) in [6.07, 6.45) is 0. The second kappa shape index (κ2) is 77.8. The van der Waals surface area contributed by atoms with Gasteiger partial charge in [-0.1, -0.05) is 37.9 Å². The summed E-state index contributed by atoms with van der Waals surface area (Å²) in [4.78, 5) is 0. The van der Waals surface area contributed by atoms with Gasteiger partial charge in [0.25, 0.3) is 0 Å². The SMILES string of the molecule is N.N#CS.N#CS.N#CS.[H-].[Na+]. The Kier molecular flexibility index (Phi) is 212. The van der Waals surface area contributed by atoms with E-state index in [9.17, 15) is 0 Å². The van der Waals surface area contributed by atoms with Crippen molar-refractivity contribution in [1.29, 1.82) is 15.8 Å². The van der Waals surface area contributed by atoms with Crippen LogP contribution >= 0.6 is 37.9 Å². The smallest absolute Gasteiger partial charge is 1.00 e. The molecule has 0 rings (SSSR count). The zero-order valence-corrected chi connectivity index (χ0v) is 10.6. The molecule has 0 saturated carbocycles. The van der Waals surface area contributed by atoms with E-state index in [0.717, 1.165) is 0 Å². The molecule has 0 aromatic heterocycles. The number of nitrogens with zero attached hydrogens (tertiary/aromatic N) is 3. The van der Waals surface area contributed by atoms with E-state index >= 15 is 0 Å². The van der Waals surface area contributed by atoms with Crippen LogP contribution in [0, 0.1) is 32.0 Å². The molecule has 0 radical (unpaired) electrons. The van der Waals surface area contributed by atoms with Crippen LogP contribution in [0.3, 0.4) is 0 Å². The zero-order valence-electron chi connectivity index (χ0n) is 6.89. The fourth-order valence-electron chi connectivity index (χ4n) is 0. The van der Waals surface area contributed by atoms with Crippen molar-refractivity contribution in [2.45, 2.75) is 0 Å². The van der Waals surface area contributed by atoms with Crippen molar-refractivity contribution >= 4 is 37.9 Å². The number of hydrogen-bond acceptors (Lipinski definition) is 7. The van der Waals surface area contributed by atoms with Gasteiger partial charge in [0, 0.05) is 0 Å². The van der Waals surface area contributed by atoms with Gasteiger partial charge in [0.15, 0.2) is 0 Å². The average Bonchev–Trinajstić information content (AvgIpc) is 1.70. The summed E-state index contributed by atoms with van der Waals surface area (Å²) >= 11 is 9.28. The fourth-order valence-corrected chi connectivity index (χ4v) is 0. The number of hydrogen-bond donors (Lipinski definition) is 4. The van der Waals surface area contributed by atoms with Gasteiger partial charge in [-0.15, -0.1) is 0 Å². The Morgan fingerprint density at radius 3 is 0.818 bits per heavy atom. The van der Waals surface area contributed by atoms with Crippen LogP contribution in [0.2, 0.25) is 0 Å². The average molecular weight is 218 g/mol. The van der Waals surface area contributed by atoms with Crippen LogP contribution in [-0.2, 0) is 0 Å². The molecule has 0 amide bonds. The van der Waals surface area contributed by atoms with Crippen molar-refractivity contribution in [3.8, 4) is 16.2 Å². The number of thiocyanates is 3. The van der Waals surface area contributed by atoms with Crippen molar-refractivity contribution in [3.05, 3.63) is 0 Å². The molecule has 11 heavy (non-hydrogen) atoms. The summed E-state index contributed by atoms with van der Waals surface area (Å²) in [7, 11) is 0. The van der Waals surface area contributed by atoms with Gasteiger partial charge in [-0.05, 0) is 0 Å². The van der Waals surface area contributed by atoms with Crippen LogP contribution in [0.1, 0.15) is 1.43 Å². The largest absolute Gasteiger partial charge is 1.00 e. The van der Waals surface area contributed by atoms with Crippen LogP contribution in [0.25, 0.3) is 0 Å². The normalized spacial score (nSPS) is 2.18. The van der Waals surface area contributed by atoms with Gasteiger partial charge in [0.05, 0.1) is 0 Å². The van der Waals surface area contributed by atoms with E-state index in [1.54, 1.807) is 0 Å². The molecule has 0 spiro atoms. The summed E-state index contributed by atoms with van der Waals surface area (Å²) in [5.41, 5.74) is 0. The van der Waals surface area contributed by atoms with E-state index < -0.39 is 0 Å². The minimum absolute atomic E-state index is 0. The molecule has 0 bridgehead atoms. The van der Waals surface area contributed by atoms with E-state index in [2.05, 4.69) is 37.9 Å². The van der Waals surface area contributed by atoms with E-state index in [0.29, 0.717) is 0 Å². The van der Waals surface area contributed by atoms with Crippen LogP contribution in [0.15, 0.2) is 0 Å². The summed E-state index contributed by atoms with van der Waals surface area (Å²) in [6, 6.07) is 0. The van der Waals surface area contributed by atoms with Gasteiger partial charge in [-0.3, -0.25) is 0 Å². The van der Waals surface area contributed by atoms with Crippen molar-refractivity contribution in [2.75, 3.05) is 0 Å². The molecule has 0 saturated heterocycles. The molecule has 8 heteroatoms. The third-order valence-electron chi connectivity index (χ3n) is 0. The molecule has 0 aliphatic rings. The quantitative estimate of drug-likeness (QED) is 0.225. The maximum atomic E-state index is 7.18. The van der Waals surface area contributed by atoms with Gasteiger partial charge in [-0.25, -0.2) is 0 Å². The van der Waals surface area contributed by atoms with Crippen LogP contribution in [0.5, 0.6) is 0 Å². The first-order valence-corrected chi connectivity index (χ1v) is 2.68. The zero-order chi connectivity index (χ0) is 8.12. The Hall–Kier alpha value is 0.480. The summed E-state index contributed by atoms with van der Waals surface area (Å²) < 4.78 is 0. The standard InChI is InChI=1S/3CHNS.H3N.Na.H/c3*2-1-3;;;/h3*3H;1H3;;/q;;;;+1;-1. The Bertz CT molecular complexity index is 119. The molecule has 58 valence electrons. The molecule has 0 fully saturated rings. The van der Waals surface area contributed by atoms with Crippen molar-refractivity contribution in [2.24, 2.45) is 0 Å². The third kappa shape index (κ3) is 3270. The minimum Gasteiger partial charge on any atom is -1.00 e. The predicted molar refractivity (Wildman–Crippen MR) is 49.9 cm³/mol. The van der Waals surface area contributed by atoms with E-state index in [1.807, 2.05) is 0 Å². The van der Waals surface area contributed by atoms with Crippen LogP contribution < -0.4 is 35.7 Å². The maximum absolute atomic E-state index is 7.18. The fraction of sp³-hybridized carbons (Fsp3) is 0. The van der Waals surface area contributed by atoms with Gasteiger partial charge in [0.2, 0.25) is 0 Å². The molecule has 0 unspecified atom stereocenters. The topological polar surface area (TPSA) is 106 Å². The molecule has 0 atom stereocenters. The van der Waals surface area contributed by atoms with E-state index in [-0.39, 0.29) is 37.1 Å². The Morgan fingerprint density at radius 1 is 0.818 bits per heavy atom. The molecule has 0 aliphatic carbocycles. The third-order valence-corrected chi connectivity index (χ3v) is 0. The first kappa shape index (κ1) is 30.0. The van der Waals surface area contributed by atoms with Gasteiger partial charge in [0.1, 0.15) is 16.2 Å². The number of rotatable bonds is 0. The Balaban J connectivity index is -0.00000001000. The van der Waals surface area contributed by atoms with Gasteiger partial charge >= 0.3 is 29.6 Å². The van der Waals surface area contributed by atoms with Crippen molar-refractivity contribution in [1.82, 2.24) is 6.15 Å². The van der Waals surface area contributed by atoms with Gasteiger partial charge in [-0.2, -0.15) is 15.8 Å². The summed E-state index contributed by atoms with van der Waals surface area (Å²) in [5.74, 6) is 0. The van der Waals surface area contributed by atoms with E-state index in [4.69, 9.17) is 15.8 Å². The molecule has 0 aliphatic heterocycles. The minimum atomic E-state index is 0. The van der Waals surface area contributed by atoms with Crippen molar-refractivity contribution < 1.29 is 31.0 Å². The first-order valence-electron chi connectivity index (χ1n) is 1.34. The molecular formula is C3H7N4NaS3.